The van der Waals surface area contributed by atoms with Crippen molar-refractivity contribution in [2.24, 2.45) is 5.92 Å². The van der Waals surface area contributed by atoms with Crippen molar-refractivity contribution in [2.75, 3.05) is 11.9 Å². The zero-order chi connectivity index (χ0) is 24.3. The topological polar surface area (TPSA) is 113 Å². The van der Waals surface area contributed by atoms with Gasteiger partial charge in [-0.25, -0.2) is 0 Å². The number of aryl methyl sites for hydroxylation is 1. The molecular formula is C26H25N5O4. The van der Waals surface area contributed by atoms with E-state index in [1.807, 2.05) is 6.20 Å². The molecular weight excluding hydrogens is 446 g/mol. The van der Waals surface area contributed by atoms with Gasteiger partial charge in [0.05, 0.1) is 28.9 Å². The first-order valence-corrected chi connectivity index (χ1v) is 11.9. The number of imide groups is 2. The fraction of sp³-hybridized carbons (Fsp3) is 0.346. The number of para-hydroxylation sites is 1. The van der Waals surface area contributed by atoms with Gasteiger partial charge >= 0.3 is 0 Å². The Bertz CT molecular complexity index is 1400. The zero-order valence-corrected chi connectivity index (χ0v) is 19.3. The predicted octanol–water partition coefficient (Wildman–Crippen LogP) is 2.81. The van der Waals surface area contributed by atoms with Crippen LogP contribution in [0.25, 0.3) is 10.9 Å². The average Bonchev–Trinajstić information content (AvgIpc) is 3.33. The molecule has 0 radical (unpaired) electrons. The summed E-state index contributed by atoms with van der Waals surface area (Å²) >= 11 is 0. The van der Waals surface area contributed by atoms with Gasteiger partial charge in [-0.05, 0) is 55.9 Å². The van der Waals surface area contributed by atoms with Crippen molar-refractivity contribution in [3.05, 3.63) is 59.3 Å². The number of rotatable bonds is 5. The third-order valence-corrected chi connectivity index (χ3v) is 7.41. The van der Waals surface area contributed by atoms with Crippen LogP contribution in [0.2, 0.25) is 0 Å². The van der Waals surface area contributed by atoms with E-state index in [9.17, 15) is 19.2 Å². The molecule has 1 unspecified atom stereocenters. The number of carbonyl (C=O) groups excluding carboxylic acids is 4. The first-order valence-electron chi connectivity index (χ1n) is 11.9. The Hall–Kier alpha value is -4.01. The van der Waals surface area contributed by atoms with Gasteiger partial charge in [0.15, 0.2) is 0 Å². The van der Waals surface area contributed by atoms with E-state index in [0.29, 0.717) is 12.0 Å². The second kappa shape index (κ2) is 8.04. The molecule has 35 heavy (non-hydrogen) atoms. The van der Waals surface area contributed by atoms with Crippen LogP contribution in [0, 0.1) is 12.8 Å². The lowest BCUT2D eigenvalue weighted by Gasteiger charge is -2.36. The highest BCUT2D eigenvalue weighted by Gasteiger charge is 2.44. The number of fused-ring (bicyclic) bond motifs is 2. The smallest absolute Gasteiger partial charge is 0.262 e. The van der Waals surface area contributed by atoms with Crippen molar-refractivity contribution in [2.45, 2.75) is 44.7 Å². The molecule has 1 aliphatic carbocycles. The van der Waals surface area contributed by atoms with Crippen molar-refractivity contribution in [1.82, 2.24) is 20.0 Å². The lowest BCUT2D eigenvalue weighted by Crippen LogP contribution is -2.54. The van der Waals surface area contributed by atoms with Crippen molar-refractivity contribution >= 4 is 40.2 Å². The summed E-state index contributed by atoms with van der Waals surface area (Å²) in [5.74, 6) is -1.49. The van der Waals surface area contributed by atoms with E-state index < -0.39 is 23.8 Å². The van der Waals surface area contributed by atoms with E-state index in [2.05, 4.69) is 45.5 Å². The largest absolute Gasteiger partial charge is 0.385 e. The first kappa shape index (κ1) is 21.5. The summed E-state index contributed by atoms with van der Waals surface area (Å²) in [5.41, 5.74) is 3.76. The van der Waals surface area contributed by atoms with Crippen LogP contribution in [-0.2, 0) is 9.59 Å². The summed E-state index contributed by atoms with van der Waals surface area (Å²) in [7, 11) is 0. The van der Waals surface area contributed by atoms with E-state index in [4.69, 9.17) is 0 Å². The van der Waals surface area contributed by atoms with Gasteiger partial charge in [0, 0.05) is 24.0 Å². The molecule has 1 saturated heterocycles. The van der Waals surface area contributed by atoms with Crippen LogP contribution < -0.4 is 10.6 Å². The van der Waals surface area contributed by atoms with Crippen LogP contribution >= 0.6 is 0 Å². The van der Waals surface area contributed by atoms with E-state index in [1.165, 1.54) is 11.1 Å². The summed E-state index contributed by atoms with van der Waals surface area (Å²) < 4.78 is 2.14. The van der Waals surface area contributed by atoms with Crippen LogP contribution in [0.5, 0.6) is 0 Å². The van der Waals surface area contributed by atoms with Crippen molar-refractivity contribution in [3.8, 4) is 0 Å². The summed E-state index contributed by atoms with van der Waals surface area (Å²) in [6.45, 7) is 2.87. The van der Waals surface area contributed by atoms with Gasteiger partial charge in [-0.15, -0.1) is 0 Å². The lowest BCUT2D eigenvalue weighted by atomic mass is 9.80. The Morgan fingerprint density at radius 1 is 1.06 bits per heavy atom. The monoisotopic (exact) mass is 471 g/mol. The molecule has 1 saturated carbocycles. The molecule has 3 heterocycles. The third-order valence-electron chi connectivity index (χ3n) is 7.41. The van der Waals surface area contributed by atoms with Crippen LogP contribution in [0.1, 0.15) is 58.0 Å². The van der Waals surface area contributed by atoms with Crippen LogP contribution in [-0.4, -0.2) is 50.9 Å². The van der Waals surface area contributed by atoms with E-state index in [-0.39, 0.29) is 29.9 Å². The second-order valence-electron chi connectivity index (χ2n) is 9.68. The SMILES string of the molecule is Cc1cccc2cnn(C3CC(CNc4ccc5c(c4)C(=O)N(C4CCC(=O)NC4=O)C5=O)C3)c12. The van der Waals surface area contributed by atoms with Gasteiger partial charge in [0.2, 0.25) is 11.8 Å². The Kier molecular flexibility index (Phi) is 4.94. The van der Waals surface area contributed by atoms with Crippen LogP contribution in [0.3, 0.4) is 0 Å². The van der Waals surface area contributed by atoms with Crippen LogP contribution in [0.4, 0.5) is 5.69 Å². The molecule has 0 bridgehead atoms. The molecule has 178 valence electrons. The highest BCUT2D eigenvalue weighted by atomic mass is 16.2. The van der Waals surface area contributed by atoms with Crippen molar-refractivity contribution in [1.29, 1.82) is 0 Å². The summed E-state index contributed by atoms with van der Waals surface area (Å²) in [4.78, 5) is 50.5. The molecule has 1 atom stereocenters. The molecule has 2 N–H and O–H groups in total. The van der Waals surface area contributed by atoms with E-state index >= 15 is 0 Å². The van der Waals surface area contributed by atoms with Gasteiger partial charge in [-0.1, -0.05) is 18.2 Å². The summed E-state index contributed by atoms with van der Waals surface area (Å²) in [5, 5.41) is 11.4. The maximum atomic E-state index is 13.0. The number of nitrogens with zero attached hydrogens (tertiary/aromatic N) is 3. The van der Waals surface area contributed by atoms with Gasteiger partial charge < -0.3 is 5.32 Å². The average molecular weight is 472 g/mol. The fourth-order valence-corrected chi connectivity index (χ4v) is 5.47. The Morgan fingerprint density at radius 3 is 2.66 bits per heavy atom. The maximum Gasteiger partial charge on any atom is 0.262 e. The quantitative estimate of drug-likeness (QED) is 0.554. The molecule has 2 aromatic carbocycles. The van der Waals surface area contributed by atoms with Crippen molar-refractivity contribution < 1.29 is 19.2 Å². The summed E-state index contributed by atoms with van der Waals surface area (Å²) in [6.07, 6.45) is 4.21. The minimum Gasteiger partial charge on any atom is -0.385 e. The van der Waals surface area contributed by atoms with Gasteiger partial charge in [0.1, 0.15) is 6.04 Å². The number of benzene rings is 2. The van der Waals surface area contributed by atoms with E-state index in [0.717, 1.165) is 35.4 Å². The molecule has 4 amide bonds. The van der Waals surface area contributed by atoms with E-state index in [1.54, 1.807) is 18.2 Å². The fourth-order valence-electron chi connectivity index (χ4n) is 5.47. The normalized spacial score (nSPS) is 23.9. The maximum absolute atomic E-state index is 13.0. The number of piperidine rings is 1. The van der Waals surface area contributed by atoms with Gasteiger partial charge in [0.25, 0.3) is 11.8 Å². The molecule has 2 fully saturated rings. The predicted molar refractivity (Wildman–Crippen MR) is 128 cm³/mol. The first-order chi connectivity index (χ1) is 16.9. The Labute approximate surface area is 201 Å². The molecule has 2 aliphatic heterocycles. The summed E-state index contributed by atoms with van der Waals surface area (Å²) in [6, 6.07) is 10.8. The highest BCUT2D eigenvalue weighted by molar-refractivity contribution is 6.23. The molecule has 3 aromatic rings. The zero-order valence-electron chi connectivity index (χ0n) is 19.3. The molecule has 6 rings (SSSR count). The number of amides is 4. The standard InChI is InChI=1S/C26H25N5O4/c1-14-3-2-4-16-13-28-31(23(14)16)18-9-15(10-18)12-27-17-5-6-19-20(11-17)26(35)30(25(19)34)21-7-8-22(32)29-24(21)33/h2-6,11,13,15,18,21,27H,7-10,12H2,1H3,(H,29,32,33). The molecule has 3 aliphatic rings. The number of carbonyl (C=O) groups is 4. The third kappa shape index (κ3) is 3.50. The molecule has 9 heteroatoms. The minimum atomic E-state index is -0.953. The lowest BCUT2D eigenvalue weighted by molar-refractivity contribution is -0.136. The Balaban J connectivity index is 1.10. The highest BCUT2D eigenvalue weighted by Crippen LogP contribution is 2.40. The second-order valence-corrected chi connectivity index (χ2v) is 9.68. The minimum absolute atomic E-state index is 0.104. The van der Waals surface area contributed by atoms with Crippen molar-refractivity contribution in [3.63, 3.8) is 0 Å². The molecule has 9 nitrogen and oxygen atoms in total. The number of aromatic nitrogens is 2. The Morgan fingerprint density at radius 2 is 1.86 bits per heavy atom. The van der Waals surface area contributed by atoms with Gasteiger partial charge in [-0.3, -0.25) is 34.1 Å². The van der Waals surface area contributed by atoms with Crippen LogP contribution in [0.15, 0.2) is 42.6 Å². The molecule has 0 spiro atoms. The van der Waals surface area contributed by atoms with Gasteiger partial charge in [-0.2, -0.15) is 5.10 Å². The number of anilines is 1. The molecule has 1 aromatic heterocycles. The number of hydrogen-bond donors (Lipinski definition) is 2. The number of hydrogen-bond acceptors (Lipinski definition) is 6. The number of nitrogens with one attached hydrogen (secondary N) is 2.